The van der Waals surface area contributed by atoms with Gasteiger partial charge in [-0.15, -0.1) is 5.10 Å². The average Bonchev–Trinajstić information content (AvgIpc) is 3.04. The molecule has 0 unspecified atom stereocenters. The fraction of sp³-hybridized carbons (Fsp3) is 0.286. The van der Waals surface area contributed by atoms with Gasteiger partial charge in [-0.25, -0.2) is 14.3 Å². The van der Waals surface area contributed by atoms with Gasteiger partial charge in [0.2, 0.25) is 5.69 Å². The van der Waals surface area contributed by atoms with Crippen LogP contribution in [0.4, 0.5) is 5.69 Å². The lowest BCUT2D eigenvalue weighted by Gasteiger charge is -2.21. The minimum Gasteiger partial charge on any atom is -0.383 e. The summed E-state index contributed by atoms with van der Waals surface area (Å²) in [6.45, 7) is 6.00. The smallest absolute Gasteiger partial charge is 0.369 e. The molecule has 1 aliphatic heterocycles. The molecule has 0 bridgehead atoms. The number of benzene rings is 1. The summed E-state index contributed by atoms with van der Waals surface area (Å²) in [5.74, 6) is -1.46. The van der Waals surface area contributed by atoms with Crippen LogP contribution in [-0.2, 0) is 4.74 Å². The molecule has 1 aliphatic rings. The van der Waals surface area contributed by atoms with E-state index in [1.54, 1.807) is 0 Å². The van der Waals surface area contributed by atoms with Crippen LogP contribution < -0.4 is 4.90 Å². The number of carbonyl (C=O) groups excluding carboxylic acids is 2. The lowest BCUT2D eigenvalue weighted by Crippen LogP contribution is -2.21. The average molecular weight is 286 g/mol. The summed E-state index contributed by atoms with van der Waals surface area (Å²) < 4.78 is 5.85. The van der Waals surface area contributed by atoms with Gasteiger partial charge >= 0.3 is 11.9 Å². The summed E-state index contributed by atoms with van der Waals surface area (Å²) in [5, 5.41) is 7.56. The number of hydrogen-bond donors (Lipinski definition) is 0. The lowest BCUT2D eigenvalue weighted by molar-refractivity contribution is 0.0434. The van der Waals surface area contributed by atoms with E-state index in [4.69, 9.17) is 0 Å². The number of anilines is 1. The monoisotopic (exact) mass is 286 g/mol. The van der Waals surface area contributed by atoms with Gasteiger partial charge in [-0.05, 0) is 38.1 Å². The number of esters is 2. The van der Waals surface area contributed by atoms with Crippen molar-refractivity contribution in [3.8, 4) is 5.69 Å². The Morgan fingerprint density at radius 1 is 1.10 bits per heavy atom. The van der Waals surface area contributed by atoms with E-state index in [0.29, 0.717) is 5.69 Å². The Kier molecular flexibility index (Phi) is 3.17. The summed E-state index contributed by atoms with van der Waals surface area (Å²) in [5.41, 5.74) is 1.79. The Labute approximate surface area is 121 Å². The van der Waals surface area contributed by atoms with Gasteiger partial charge in [0.1, 0.15) is 0 Å². The van der Waals surface area contributed by atoms with Crippen molar-refractivity contribution >= 4 is 17.6 Å². The maximum atomic E-state index is 11.6. The maximum Gasteiger partial charge on any atom is 0.369 e. The van der Waals surface area contributed by atoms with Crippen molar-refractivity contribution in [2.75, 3.05) is 18.0 Å². The van der Waals surface area contributed by atoms with Crippen LogP contribution in [0.15, 0.2) is 24.3 Å². The highest BCUT2D eigenvalue weighted by molar-refractivity contribution is 6.12. The Balaban J connectivity index is 1.98. The van der Waals surface area contributed by atoms with Crippen molar-refractivity contribution in [2.45, 2.75) is 13.8 Å². The van der Waals surface area contributed by atoms with Crippen molar-refractivity contribution in [3.05, 3.63) is 35.7 Å². The number of nitrogens with zero attached hydrogens (tertiary/aromatic N) is 4. The van der Waals surface area contributed by atoms with Gasteiger partial charge in [-0.2, -0.15) is 0 Å². The minimum absolute atomic E-state index is 0.0344. The molecule has 0 N–H and O–H groups in total. The van der Waals surface area contributed by atoms with Crippen molar-refractivity contribution < 1.29 is 14.3 Å². The van der Waals surface area contributed by atoms with Crippen LogP contribution in [0.3, 0.4) is 0 Å². The van der Waals surface area contributed by atoms with Crippen LogP contribution in [-0.4, -0.2) is 40.0 Å². The van der Waals surface area contributed by atoms with Gasteiger partial charge in [0, 0.05) is 18.8 Å². The molecule has 1 aromatic heterocycles. The van der Waals surface area contributed by atoms with Gasteiger partial charge < -0.3 is 9.64 Å². The Morgan fingerprint density at radius 3 is 2.38 bits per heavy atom. The maximum absolute atomic E-state index is 11.6. The van der Waals surface area contributed by atoms with Crippen molar-refractivity contribution in [2.24, 2.45) is 0 Å². The zero-order valence-electron chi connectivity index (χ0n) is 11.7. The van der Waals surface area contributed by atoms with E-state index < -0.39 is 11.9 Å². The lowest BCUT2D eigenvalue weighted by atomic mass is 10.2. The topological polar surface area (TPSA) is 77.3 Å². The molecule has 0 amide bonds. The zero-order valence-corrected chi connectivity index (χ0v) is 11.7. The van der Waals surface area contributed by atoms with Gasteiger partial charge in [0.05, 0.1) is 5.69 Å². The number of rotatable bonds is 4. The van der Waals surface area contributed by atoms with E-state index >= 15 is 0 Å². The summed E-state index contributed by atoms with van der Waals surface area (Å²) in [7, 11) is 0. The number of hydrogen-bond acceptors (Lipinski definition) is 6. The molecule has 2 aromatic rings. The first-order valence-electron chi connectivity index (χ1n) is 6.73. The molecule has 7 heteroatoms. The second-order valence-electron chi connectivity index (χ2n) is 4.56. The number of carbonyl (C=O) groups is 2. The van der Waals surface area contributed by atoms with Crippen LogP contribution in [0.5, 0.6) is 0 Å². The van der Waals surface area contributed by atoms with Crippen LogP contribution in [0.2, 0.25) is 0 Å². The van der Waals surface area contributed by atoms with Gasteiger partial charge in [0.15, 0.2) is 5.69 Å². The third kappa shape index (κ3) is 2.06. The fourth-order valence-corrected chi connectivity index (χ4v) is 2.36. The molecule has 0 saturated carbocycles. The molecule has 0 fully saturated rings. The minimum atomic E-state index is -0.749. The van der Waals surface area contributed by atoms with Gasteiger partial charge in [-0.1, -0.05) is 5.21 Å². The Hall–Kier alpha value is -2.70. The number of fused-ring (bicyclic) bond motifs is 1. The second-order valence-corrected chi connectivity index (χ2v) is 4.56. The Bertz CT molecular complexity index is 702. The molecular formula is C14H14N4O3. The Morgan fingerprint density at radius 2 is 1.76 bits per heavy atom. The van der Waals surface area contributed by atoms with Crippen LogP contribution >= 0.6 is 0 Å². The number of aromatic nitrogens is 3. The first-order chi connectivity index (χ1) is 10.2. The van der Waals surface area contributed by atoms with E-state index in [-0.39, 0.29) is 11.4 Å². The summed E-state index contributed by atoms with van der Waals surface area (Å²) in [6.07, 6.45) is 0. The highest BCUT2D eigenvalue weighted by Crippen LogP contribution is 2.22. The predicted octanol–water partition coefficient (Wildman–Crippen LogP) is 1.42. The highest BCUT2D eigenvalue weighted by atomic mass is 16.6. The first kappa shape index (κ1) is 13.3. The molecule has 0 atom stereocenters. The van der Waals surface area contributed by atoms with E-state index in [9.17, 15) is 9.59 Å². The summed E-state index contributed by atoms with van der Waals surface area (Å²) >= 11 is 0. The van der Waals surface area contributed by atoms with Crippen LogP contribution in [0.1, 0.15) is 34.8 Å². The molecule has 1 aromatic carbocycles. The standard InChI is InChI=1S/C14H14N4O3/c1-3-17(4-2)9-5-7-10(8-6-9)18-12-11(15-16-18)13(19)21-14(12)20/h5-8H,3-4H2,1-2H3. The molecule has 7 nitrogen and oxygen atoms in total. The van der Waals surface area contributed by atoms with E-state index in [1.807, 2.05) is 24.3 Å². The van der Waals surface area contributed by atoms with Crippen LogP contribution in [0, 0.1) is 0 Å². The molecule has 0 radical (unpaired) electrons. The number of cyclic esters (lactones) is 2. The predicted molar refractivity (Wildman–Crippen MR) is 74.7 cm³/mol. The fourth-order valence-electron chi connectivity index (χ4n) is 2.36. The normalized spacial score (nSPS) is 13.2. The third-order valence-electron chi connectivity index (χ3n) is 3.47. The molecule has 0 saturated heterocycles. The molecule has 3 rings (SSSR count). The first-order valence-corrected chi connectivity index (χ1v) is 6.73. The van der Waals surface area contributed by atoms with E-state index in [2.05, 4.69) is 33.8 Å². The van der Waals surface area contributed by atoms with E-state index in [1.165, 1.54) is 4.68 Å². The molecular weight excluding hydrogens is 272 g/mol. The summed E-state index contributed by atoms with van der Waals surface area (Å²) in [4.78, 5) is 25.2. The molecule has 0 aliphatic carbocycles. The van der Waals surface area contributed by atoms with Crippen LogP contribution in [0.25, 0.3) is 5.69 Å². The molecule has 21 heavy (non-hydrogen) atoms. The molecule has 0 spiro atoms. The zero-order chi connectivity index (χ0) is 15.0. The van der Waals surface area contributed by atoms with Crippen molar-refractivity contribution in [1.29, 1.82) is 0 Å². The molecule has 2 heterocycles. The van der Waals surface area contributed by atoms with E-state index in [0.717, 1.165) is 18.8 Å². The SMILES string of the molecule is CCN(CC)c1ccc(-n2nnc3c2C(=O)OC3=O)cc1. The van der Waals surface area contributed by atoms with Gasteiger partial charge in [0.25, 0.3) is 0 Å². The highest BCUT2D eigenvalue weighted by Gasteiger charge is 2.37. The second kappa shape index (κ2) is 5.01. The third-order valence-corrected chi connectivity index (χ3v) is 3.47. The van der Waals surface area contributed by atoms with Crippen molar-refractivity contribution in [3.63, 3.8) is 0 Å². The summed E-state index contributed by atoms with van der Waals surface area (Å²) in [6, 6.07) is 7.55. The van der Waals surface area contributed by atoms with Gasteiger partial charge in [-0.3, -0.25) is 0 Å². The number of ether oxygens (including phenoxy) is 1. The largest absolute Gasteiger partial charge is 0.383 e. The molecule has 108 valence electrons. The quantitative estimate of drug-likeness (QED) is 0.625. The van der Waals surface area contributed by atoms with Crippen molar-refractivity contribution in [1.82, 2.24) is 15.0 Å².